The number of fused-ring (bicyclic) bond motifs is 1. The van der Waals surface area contributed by atoms with E-state index in [-0.39, 0.29) is 17.3 Å². The molecule has 2 saturated heterocycles. The molecule has 1 aromatic carbocycles. The molecular weight excluding hydrogens is 473 g/mol. The molecule has 2 aromatic heterocycles. The molecule has 0 spiro atoms. The van der Waals surface area contributed by atoms with Crippen molar-refractivity contribution in [3.8, 4) is 0 Å². The van der Waals surface area contributed by atoms with Crippen molar-refractivity contribution in [2.75, 3.05) is 43.0 Å². The highest BCUT2D eigenvalue weighted by Crippen LogP contribution is 2.32. The maximum absolute atomic E-state index is 13.6. The van der Waals surface area contributed by atoms with E-state index in [9.17, 15) is 14.0 Å². The molecule has 0 saturated carbocycles. The third-order valence-corrected chi connectivity index (χ3v) is 7.50. The fourth-order valence-electron chi connectivity index (χ4n) is 4.12. The molecule has 1 amide bonds. The van der Waals surface area contributed by atoms with Gasteiger partial charge in [-0.05, 0) is 48.9 Å². The molecule has 0 unspecified atom stereocenters. The lowest BCUT2D eigenvalue weighted by Crippen LogP contribution is -2.47. The second-order valence-corrected chi connectivity index (χ2v) is 9.96. The number of aryl methyl sites for hydroxylation is 1. The number of rotatable bonds is 3. The van der Waals surface area contributed by atoms with Gasteiger partial charge < -0.3 is 9.80 Å². The molecule has 0 N–H and O–H groups in total. The van der Waals surface area contributed by atoms with E-state index in [1.165, 1.54) is 33.2 Å². The summed E-state index contributed by atoms with van der Waals surface area (Å²) in [5.41, 5.74) is 2.57. The van der Waals surface area contributed by atoms with Crippen LogP contribution >= 0.6 is 24.0 Å². The van der Waals surface area contributed by atoms with Gasteiger partial charge in [-0.15, -0.1) is 0 Å². The first-order valence-corrected chi connectivity index (χ1v) is 12.0. The van der Waals surface area contributed by atoms with Crippen molar-refractivity contribution >= 4 is 57.4 Å². The number of likely N-dealkylation sites (N-methyl/N-ethyl adjacent to an activating group) is 1. The monoisotopic (exact) mass is 495 g/mol. The van der Waals surface area contributed by atoms with Crippen molar-refractivity contribution in [3.63, 3.8) is 0 Å². The molecule has 2 aliphatic rings. The smallest absolute Gasteiger partial charge is 0.267 e. The molecular formula is C24H22FN5O2S2. The number of amides is 1. The van der Waals surface area contributed by atoms with E-state index >= 15 is 0 Å². The largest absolute Gasteiger partial charge is 0.368 e. The van der Waals surface area contributed by atoms with Gasteiger partial charge in [-0.25, -0.2) is 9.37 Å². The molecule has 2 fully saturated rings. The summed E-state index contributed by atoms with van der Waals surface area (Å²) in [5, 5.41) is 0. The Hall–Kier alpha value is -3.24. The molecule has 0 atom stereocenters. The molecule has 5 rings (SSSR count). The minimum Gasteiger partial charge on any atom is -0.368 e. The first kappa shape index (κ1) is 22.5. The number of carbonyl (C=O) groups excluding carboxylic acids is 1. The van der Waals surface area contributed by atoms with Gasteiger partial charge in [0.2, 0.25) is 0 Å². The summed E-state index contributed by atoms with van der Waals surface area (Å²) < 4.78 is 15.3. The standard InChI is InChI=1S/C24H22FN5O2S2/c1-15-3-8-20-26-21(29-11-9-28(10-12-29)17-6-4-16(25)5-7-17)18(22(31)30(20)14-15)13-19-23(32)27(2)24(33)34-19/h3-8,13-14H,9-12H2,1-2H3/b19-13+. The summed E-state index contributed by atoms with van der Waals surface area (Å²) in [7, 11) is 1.63. The number of hydrogen-bond donors (Lipinski definition) is 0. The topological polar surface area (TPSA) is 61.2 Å². The average molecular weight is 496 g/mol. The quantitative estimate of drug-likeness (QED) is 0.408. The number of nitrogens with zero attached hydrogens (tertiary/aromatic N) is 5. The molecule has 7 nitrogen and oxygen atoms in total. The van der Waals surface area contributed by atoms with E-state index in [2.05, 4.69) is 9.80 Å². The number of thioether (sulfide) groups is 1. The van der Waals surface area contributed by atoms with Crippen molar-refractivity contribution in [3.05, 3.63) is 74.8 Å². The van der Waals surface area contributed by atoms with Gasteiger partial charge in [-0.2, -0.15) is 0 Å². The summed E-state index contributed by atoms with van der Waals surface area (Å²) in [5.74, 6) is 0.0606. The van der Waals surface area contributed by atoms with Crippen LogP contribution in [0, 0.1) is 12.7 Å². The van der Waals surface area contributed by atoms with Crippen LogP contribution in [0.5, 0.6) is 0 Å². The number of pyridine rings is 1. The zero-order valence-electron chi connectivity index (χ0n) is 18.7. The lowest BCUT2D eigenvalue weighted by atomic mass is 10.2. The Bertz CT molecular complexity index is 1390. The van der Waals surface area contributed by atoms with Crippen LogP contribution in [0.4, 0.5) is 15.9 Å². The Kier molecular flexibility index (Phi) is 5.86. The van der Waals surface area contributed by atoms with Crippen LogP contribution in [0.15, 0.2) is 52.3 Å². The number of thiocarbonyl (C=S) groups is 1. The van der Waals surface area contributed by atoms with Gasteiger partial charge in [-0.1, -0.05) is 30.0 Å². The van der Waals surface area contributed by atoms with Crippen molar-refractivity contribution in [2.45, 2.75) is 6.92 Å². The molecule has 0 radical (unpaired) electrons. The number of halogens is 1. The summed E-state index contributed by atoms with van der Waals surface area (Å²) in [6.45, 7) is 4.55. The molecule has 174 valence electrons. The Morgan fingerprint density at radius 1 is 1.03 bits per heavy atom. The van der Waals surface area contributed by atoms with Crippen molar-refractivity contribution in [1.82, 2.24) is 14.3 Å². The lowest BCUT2D eigenvalue weighted by molar-refractivity contribution is -0.121. The van der Waals surface area contributed by atoms with Crippen LogP contribution in [0.2, 0.25) is 0 Å². The van der Waals surface area contributed by atoms with E-state index < -0.39 is 0 Å². The minimum atomic E-state index is -0.263. The Morgan fingerprint density at radius 3 is 2.35 bits per heavy atom. The zero-order valence-corrected chi connectivity index (χ0v) is 20.3. The lowest BCUT2D eigenvalue weighted by Gasteiger charge is -2.37. The van der Waals surface area contributed by atoms with E-state index in [1.807, 2.05) is 19.1 Å². The van der Waals surface area contributed by atoms with Gasteiger partial charge in [0.15, 0.2) is 0 Å². The number of aromatic nitrogens is 2. The molecule has 34 heavy (non-hydrogen) atoms. The second-order valence-electron chi connectivity index (χ2n) is 8.28. The predicted octanol–water partition coefficient (Wildman–Crippen LogP) is 3.30. The number of benzene rings is 1. The SMILES string of the molecule is Cc1ccc2nc(N3CCN(c4ccc(F)cc4)CC3)c(/C=C3/SC(=S)N(C)C3=O)c(=O)n2c1. The molecule has 0 bridgehead atoms. The summed E-state index contributed by atoms with van der Waals surface area (Å²) in [6, 6.07) is 10.2. The van der Waals surface area contributed by atoms with Crippen LogP contribution in [-0.2, 0) is 4.79 Å². The summed E-state index contributed by atoms with van der Waals surface area (Å²) in [4.78, 5) is 37.1. The van der Waals surface area contributed by atoms with Gasteiger partial charge in [0, 0.05) is 45.1 Å². The third-order valence-electron chi connectivity index (χ3n) is 6.02. The molecule has 10 heteroatoms. The fraction of sp³-hybridized carbons (Fsp3) is 0.250. The first-order chi connectivity index (χ1) is 16.3. The van der Waals surface area contributed by atoms with E-state index in [0.29, 0.717) is 52.4 Å². The first-order valence-electron chi connectivity index (χ1n) is 10.8. The van der Waals surface area contributed by atoms with Crippen LogP contribution < -0.4 is 15.4 Å². The molecule has 3 aromatic rings. The third kappa shape index (κ3) is 4.07. The Labute approximate surface area is 205 Å². The number of carbonyl (C=O) groups is 1. The van der Waals surface area contributed by atoms with Gasteiger partial charge in [-0.3, -0.25) is 18.9 Å². The number of anilines is 2. The number of hydrogen-bond acceptors (Lipinski definition) is 7. The number of piperazine rings is 1. The maximum Gasteiger partial charge on any atom is 0.267 e. The van der Waals surface area contributed by atoms with Crippen LogP contribution in [0.25, 0.3) is 11.7 Å². The summed E-state index contributed by atoms with van der Waals surface area (Å²) >= 11 is 6.44. The van der Waals surface area contributed by atoms with Gasteiger partial charge in [0.1, 0.15) is 21.6 Å². The van der Waals surface area contributed by atoms with Crippen molar-refractivity contribution in [2.24, 2.45) is 0 Å². The van der Waals surface area contributed by atoms with E-state index in [1.54, 1.807) is 31.5 Å². The Balaban J connectivity index is 1.54. The normalized spacial score (nSPS) is 18.0. The second kappa shape index (κ2) is 8.84. The van der Waals surface area contributed by atoms with Crippen LogP contribution in [-0.4, -0.2) is 57.7 Å². The predicted molar refractivity (Wildman–Crippen MR) is 138 cm³/mol. The average Bonchev–Trinajstić information content (AvgIpc) is 3.08. The van der Waals surface area contributed by atoms with E-state index in [4.69, 9.17) is 17.2 Å². The van der Waals surface area contributed by atoms with Crippen LogP contribution in [0.3, 0.4) is 0 Å². The minimum absolute atomic E-state index is 0.226. The molecule has 4 heterocycles. The highest BCUT2D eigenvalue weighted by Gasteiger charge is 2.30. The molecule has 2 aliphatic heterocycles. The van der Waals surface area contributed by atoms with Gasteiger partial charge in [0.05, 0.1) is 10.5 Å². The van der Waals surface area contributed by atoms with Gasteiger partial charge in [0.25, 0.3) is 11.5 Å². The zero-order chi connectivity index (χ0) is 24.0. The Morgan fingerprint density at radius 2 is 1.71 bits per heavy atom. The fourth-order valence-corrected chi connectivity index (χ4v) is 5.28. The van der Waals surface area contributed by atoms with Crippen molar-refractivity contribution in [1.29, 1.82) is 0 Å². The molecule has 0 aliphatic carbocycles. The van der Waals surface area contributed by atoms with Gasteiger partial charge >= 0.3 is 0 Å². The highest BCUT2D eigenvalue weighted by molar-refractivity contribution is 8.26. The highest BCUT2D eigenvalue weighted by atomic mass is 32.2. The maximum atomic E-state index is 13.6. The van der Waals surface area contributed by atoms with Crippen molar-refractivity contribution < 1.29 is 9.18 Å². The van der Waals surface area contributed by atoms with E-state index in [0.717, 1.165) is 11.3 Å². The van der Waals surface area contributed by atoms with Crippen LogP contribution in [0.1, 0.15) is 11.1 Å². The summed E-state index contributed by atoms with van der Waals surface area (Å²) in [6.07, 6.45) is 3.37.